The Hall–Kier alpha value is -3.31. The van der Waals surface area contributed by atoms with Crippen molar-refractivity contribution in [3.63, 3.8) is 0 Å². The van der Waals surface area contributed by atoms with Gasteiger partial charge in [0, 0.05) is 29.6 Å². The van der Waals surface area contributed by atoms with E-state index in [1.54, 1.807) is 0 Å². The highest BCUT2D eigenvalue weighted by Gasteiger charge is 2.34. The van der Waals surface area contributed by atoms with Crippen LogP contribution in [-0.2, 0) is 11.3 Å². The van der Waals surface area contributed by atoms with Gasteiger partial charge in [0.2, 0.25) is 5.91 Å². The normalized spacial score (nSPS) is 16.7. The van der Waals surface area contributed by atoms with Crippen LogP contribution in [0.15, 0.2) is 72.8 Å². The van der Waals surface area contributed by atoms with Gasteiger partial charge in [-0.1, -0.05) is 55.8 Å². The average Bonchev–Trinajstić information content (AvgIpc) is 3.44. The molecule has 0 spiro atoms. The van der Waals surface area contributed by atoms with Gasteiger partial charge in [-0.2, -0.15) is 0 Å². The zero-order valence-corrected chi connectivity index (χ0v) is 20.9. The van der Waals surface area contributed by atoms with Crippen molar-refractivity contribution < 1.29 is 9.53 Å². The van der Waals surface area contributed by atoms with E-state index < -0.39 is 0 Å². The maximum absolute atomic E-state index is 12.9. The molecule has 2 heterocycles. The van der Waals surface area contributed by atoms with E-state index in [0.29, 0.717) is 37.1 Å². The molecule has 5 rings (SSSR count). The Morgan fingerprint density at radius 2 is 1.89 bits per heavy atom. The van der Waals surface area contributed by atoms with Crippen molar-refractivity contribution in [1.82, 2.24) is 9.55 Å². The molecule has 1 aromatic heterocycles. The van der Waals surface area contributed by atoms with Gasteiger partial charge in [0.05, 0.1) is 17.6 Å². The summed E-state index contributed by atoms with van der Waals surface area (Å²) in [6.45, 7) is 6.21. The van der Waals surface area contributed by atoms with Gasteiger partial charge < -0.3 is 14.2 Å². The number of hydrogen-bond donors (Lipinski definition) is 0. The quantitative estimate of drug-likeness (QED) is 0.274. The summed E-state index contributed by atoms with van der Waals surface area (Å²) in [4.78, 5) is 19.7. The number of carbonyl (C=O) groups is 1. The zero-order valence-electron chi connectivity index (χ0n) is 20.2. The summed E-state index contributed by atoms with van der Waals surface area (Å²) >= 11 is 6.17. The smallest absolute Gasteiger partial charge is 0.227 e. The third-order valence-corrected chi connectivity index (χ3v) is 7.17. The SMILES string of the molecule is CC[C@H](C)c1ccc(OCCn2c([C@H]3CC(=O)N(c4cccc(Cl)c4)C3)nc3ccccc32)cc1. The van der Waals surface area contributed by atoms with Crippen molar-refractivity contribution in [3.8, 4) is 5.75 Å². The summed E-state index contributed by atoms with van der Waals surface area (Å²) in [6.07, 6.45) is 1.54. The Labute approximate surface area is 211 Å². The summed E-state index contributed by atoms with van der Waals surface area (Å²) in [5.74, 6) is 2.44. The molecule has 6 heteroatoms. The number of imidazole rings is 1. The third kappa shape index (κ3) is 4.92. The van der Waals surface area contributed by atoms with E-state index in [1.807, 2.05) is 59.5 Å². The van der Waals surface area contributed by atoms with Gasteiger partial charge in [-0.15, -0.1) is 0 Å². The van der Waals surface area contributed by atoms with Crippen LogP contribution >= 0.6 is 11.6 Å². The molecule has 0 radical (unpaired) electrons. The first-order valence-corrected chi connectivity index (χ1v) is 12.6. The summed E-state index contributed by atoms with van der Waals surface area (Å²) in [6, 6.07) is 24.0. The fourth-order valence-corrected chi connectivity index (χ4v) is 4.98. The van der Waals surface area contributed by atoms with E-state index in [4.69, 9.17) is 21.3 Å². The molecule has 0 unspecified atom stereocenters. The molecule has 1 fully saturated rings. The average molecular weight is 488 g/mol. The molecule has 0 N–H and O–H groups in total. The largest absolute Gasteiger partial charge is 0.492 e. The van der Waals surface area contributed by atoms with Crippen molar-refractivity contribution in [1.29, 1.82) is 0 Å². The monoisotopic (exact) mass is 487 g/mol. The third-order valence-electron chi connectivity index (χ3n) is 6.94. The van der Waals surface area contributed by atoms with Crippen LogP contribution in [0.3, 0.4) is 0 Å². The molecule has 1 aliphatic rings. The van der Waals surface area contributed by atoms with E-state index in [2.05, 4.69) is 36.6 Å². The second kappa shape index (κ2) is 10.1. The molecule has 0 bridgehead atoms. The van der Waals surface area contributed by atoms with Crippen molar-refractivity contribution >= 4 is 34.2 Å². The first-order chi connectivity index (χ1) is 17.0. The van der Waals surface area contributed by atoms with Gasteiger partial charge in [-0.3, -0.25) is 4.79 Å². The fourth-order valence-electron chi connectivity index (χ4n) is 4.80. The molecule has 1 amide bonds. The molecule has 0 aliphatic carbocycles. The predicted octanol–water partition coefficient (Wildman–Crippen LogP) is 6.80. The number of carbonyl (C=O) groups excluding carboxylic acids is 1. The van der Waals surface area contributed by atoms with Gasteiger partial charge in [-0.05, 0) is 60.4 Å². The van der Waals surface area contributed by atoms with Crippen LogP contribution < -0.4 is 9.64 Å². The van der Waals surface area contributed by atoms with Crippen molar-refractivity contribution in [2.75, 3.05) is 18.1 Å². The van der Waals surface area contributed by atoms with Crippen LogP contribution in [0.5, 0.6) is 5.75 Å². The summed E-state index contributed by atoms with van der Waals surface area (Å²) < 4.78 is 8.31. The van der Waals surface area contributed by atoms with Gasteiger partial charge in [-0.25, -0.2) is 4.98 Å². The van der Waals surface area contributed by atoms with E-state index >= 15 is 0 Å². The fraction of sp³-hybridized carbons (Fsp3) is 0.310. The molecule has 3 aromatic carbocycles. The van der Waals surface area contributed by atoms with Crippen LogP contribution in [0.25, 0.3) is 11.0 Å². The van der Waals surface area contributed by atoms with Crippen molar-refractivity contribution in [2.24, 2.45) is 0 Å². The number of ether oxygens (including phenoxy) is 1. The van der Waals surface area contributed by atoms with Gasteiger partial charge in [0.15, 0.2) is 0 Å². The number of rotatable bonds is 8. The number of amides is 1. The Morgan fingerprint density at radius 1 is 1.09 bits per heavy atom. The van der Waals surface area contributed by atoms with Crippen molar-refractivity contribution in [2.45, 2.75) is 45.1 Å². The predicted molar refractivity (Wildman–Crippen MR) is 142 cm³/mol. The molecule has 1 saturated heterocycles. The van der Waals surface area contributed by atoms with Crippen LogP contribution in [0.1, 0.15) is 49.9 Å². The standard InChI is InChI=1S/C29H30ClN3O2/c1-3-20(2)21-11-13-25(14-12-21)35-16-15-32-27-10-5-4-9-26(27)31-29(32)22-17-28(34)33(19-22)24-8-6-7-23(30)18-24/h4-14,18,20,22H,3,15-17,19H2,1-2H3/t20-,22-/m0/s1. The maximum atomic E-state index is 12.9. The Bertz CT molecular complexity index is 1330. The van der Waals surface area contributed by atoms with E-state index in [9.17, 15) is 4.79 Å². The maximum Gasteiger partial charge on any atom is 0.227 e. The molecular weight excluding hydrogens is 458 g/mol. The van der Waals surface area contributed by atoms with E-state index in [-0.39, 0.29) is 11.8 Å². The lowest BCUT2D eigenvalue weighted by Gasteiger charge is -2.18. The van der Waals surface area contributed by atoms with Crippen LogP contribution in [0.2, 0.25) is 5.02 Å². The van der Waals surface area contributed by atoms with E-state index in [0.717, 1.165) is 34.7 Å². The number of nitrogens with zero attached hydrogens (tertiary/aromatic N) is 3. The number of fused-ring (bicyclic) bond motifs is 1. The molecule has 35 heavy (non-hydrogen) atoms. The van der Waals surface area contributed by atoms with E-state index in [1.165, 1.54) is 5.56 Å². The van der Waals surface area contributed by atoms with Crippen molar-refractivity contribution in [3.05, 3.63) is 89.2 Å². The summed E-state index contributed by atoms with van der Waals surface area (Å²) in [5.41, 5.74) is 4.16. The lowest BCUT2D eigenvalue weighted by Crippen LogP contribution is -2.24. The summed E-state index contributed by atoms with van der Waals surface area (Å²) in [7, 11) is 0. The number of hydrogen-bond acceptors (Lipinski definition) is 3. The Balaban J connectivity index is 1.35. The number of benzene rings is 3. The zero-order chi connectivity index (χ0) is 24.4. The number of anilines is 1. The molecule has 0 saturated carbocycles. The van der Waals surface area contributed by atoms with Crippen LogP contribution in [0.4, 0.5) is 5.69 Å². The number of aromatic nitrogens is 2. The van der Waals surface area contributed by atoms with Crippen LogP contribution in [0, 0.1) is 0 Å². The molecule has 4 aromatic rings. The lowest BCUT2D eigenvalue weighted by molar-refractivity contribution is -0.117. The number of para-hydroxylation sites is 2. The minimum absolute atomic E-state index is 0.00342. The first kappa shape index (κ1) is 23.4. The minimum Gasteiger partial charge on any atom is -0.492 e. The molecule has 5 nitrogen and oxygen atoms in total. The Morgan fingerprint density at radius 3 is 2.66 bits per heavy atom. The van der Waals surface area contributed by atoms with Gasteiger partial charge in [0.1, 0.15) is 18.2 Å². The molecule has 2 atom stereocenters. The molecular formula is C29H30ClN3O2. The first-order valence-electron chi connectivity index (χ1n) is 12.3. The highest BCUT2D eigenvalue weighted by atomic mass is 35.5. The highest BCUT2D eigenvalue weighted by Crippen LogP contribution is 2.34. The highest BCUT2D eigenvalue weighted by molar-refractivity contribution is 6.30. The summed E-state index contributed by atoms with van der Waals surface area (Å²) in [5, 5.41) is 0.625. The Kier molecular flexibility index (Phi) is 6.78. The second-order valence-electron chi connectivity index (χ2n) is 9.22. The van der Waals surface area contributed by atoms with Gasteiger partial charge >= 0.3 is 0 Å². The second-order valence-corrected chi connectivity index (χ2v) is 9.66. The number of halogens is 1. The van der Waals surface area contributed by atoms with Crippen LogP contribution in [-0.4, -0.2) is 28.6 Å². The molecule has 1 aliphatic heterocycles. The molecule has 180 valence electrons. The topological polar surface area (TPSA) is 47.4 Å². The minimum atomic E-state index is 0.00342. The van der Waals surface area contributed by atoms with Gasteiger partial charge in [0.25, 0.3) is 0 Å². The lowest BCUT2D eigenvalue weighted by atomic mass is 9.99.